The van der Waals surface area contributed by atoms with E-state index in [-0.39, 0.29) is 44.3 Å². The van der Waals surface area contributed by atoms with Crippen molar-refractivity contribution in [2.45, 2.75) is 45.7 Å². The van der Waals surface area contributed by atoms with E-state index in [0.717, 1.165) is 5.56 Å². The number of carboxylic acid groups (broad SMARTS) is 1. The molecule has 3 amide bonds. The number of fused-ring (bicyclic) bond motifs is 1. The van der Waals surface area contributed by atoms with Crippen molar-refractivity contribution in [1.82, 2.24) is 36.2 Å². The van der Waals surface area contributed by atoms with E-state index >= 15 is 0 Å². The van der Waals surface area contributed by atoms with Crippen molar-refractivity contribution in [2.24, 2.45) is 11.8 Å². The topological polar surface area (TPSA) is 191 Å². The zero-order valence-corrected chi connectivity index (χ0v) is 22.2. The maximum atomic E-state index is 13.4. The van der Waals surface area contributed by atoms with Gasteiger partial charge in [0.1, 0.15) is 11.8 Å². The van der Waals surface area contributed by atoms with Crippen LogP contribution in [0.4, 0.5) is 5.69 Å². The molecule has 2 aromatic rings. The number of tetrazole rings is 1. The Morgan fingerprint density at radius 2 is 1.92 bits per heavy atom. The number of hydrogen-bond donors (Lipinski definition) is 4. The number of hydrogen-bond acceptors (Lipinski definition) is 9. The van der Waals surface area contributed by atoms with Gasteiger partial charge in [0.2, 0.25) is 17.7 Å². The molecule has 2 heterocycles. The molecule has 0 radical (unpaired) electrons. The van der Waals surface area contributed by atoms with E-state index < -0.39 is 35.7 Å². The van der Waals surface area contributed by atoms with E-state index in [1.807, 2.05) is 26.0 Å². The van der Waals surface area contributed by atoms with Crippen LogP contribution in [0.15, 0.2) is 24.3 Å². The molecule has 4 N–H and O–H groups in total. The van der Waals surface area contributed by atoms with E-state index in [2.05, 4.69) is 31.3 Å². The number of carbonyl (C=O) groups is 5. The van der Waals surface area contributed by atoms with E-state index in [0.29, 0.717) is 24.4 Å². The molecular formula is C25H34N8O6. The van der Waals surface area contributed by atoms with Crippen LogP contribution in [0.25, 0.3) is 0 Å². The normalized spacial score (nSPS) is 15.9. The lowest BCUT2D eigenvalue weighted by molar-refractivity contribution is -0.138. The highest BCUT2D eigenvalue weighted by Gasteiger charge is 2.38. The highest BCUT2D eigenvalue weighted by atomic mass is 16.4. The van der Waals surface area contributed by atoms with Crippen molar-refractivity contribution < 1.29 is 29.1 Å². The van der Waals surface area contributed by atoms with Crippen LogP contribution in [0.2, 0.25) is 0 Å². The minimum Gasteiger partial charge on any atom is -0.480 e. The third kappa shape index (κ3) is 7.89. The van der Waals surface area contributed by atoms with Gasteiger partial charge in [0.05, 0.1) is 26.2 Å². The molecule has 0 fully saturated rings. The Bertz CT molecular complexity index is 1190. The summed E-state index contributed by atoms with van der Waals surface area (Å²) in [5.41, 5.74) is 1.41. The Hall–Kier alpha value is -4.20. The van der Waals surface area contributed by atoms with E-state index in [1.165, 1.54) is 16.8 Å². The lowest BCUT2D eigenvalue weighted by Crippen LogP contribution is -2.51. The summed E-state index contributed by atoms with van der Waals surface area (Å²) in [6.45, 7) is 3.03. The Balaban J connectivity index is 1.65. The Morgan fingerprint density at radius 1 is 1.18 bits per heavy atom. The predicted octanol–water partition coefficient (Wildman–Crippen LogP) is -0.472. The first-order valence-electron chi connectivity index (χ1n) is 12.7. The molecule has 1 aromatic carbocycles. The average molecular weight is 543 g/mol. The number of aromatic nitrogens is 4. The van der Waals surface area contributed by atoms with E-state index in [9.17, 15) is 24.0 Å². The molecule has 14 nitrogen and oxygen atoms in total. The van der Waals surface area contributed by atoms with Crippen LogP contribution in [0.3, 0.4) is 0 Å². The maximum Gasteiger partial charge on any atom is 0.317 e. The number of aliphatic carboxylic acids is 1. The summed E-state index contributed by atoms with van der Waals surface area (Å²) >= 11 is 0. The fraction of sp³-hybridized carbons (Fsp3) is 0.520. The van der Waals surface area contributed by atoms with Crippen molar-refractivity contribution >= 4 is 35.2 Å². The highest BCUT2D eigenvalue weighted by molar-refractivity contribution is 6.05. The standard InChI is InChI=1S/C25H34N8O6/c1-4-15(2)18(10-17(34)13-32(3)14-23(36)37)24(38)27-12-22(35)33-19-8-6-5-7-16(19)9-20(33)25(39)26-11-21-28-30-31-29-21/h5-8,15,18,20H,4,9-14H2,1-3H3,(H,26,39)(H,27,38)(H,36,37)(H,28,29,30,31)/t15-,18-,20-/m0/s1. The van der Waals surface area contributed by atoms with E-state index in [4.69, 9.17) is 5.11 Å². The molecule has 1 aliphatic heterocycles. The summed E-state index contributed by atoms with van der Waals surface area (Å²) in [6.07, 6.45) is 0.862. The number of nitrogens with one attached hydrogen (secondary N) is 3. The molecule has 1 aliphatic rings. The van der Waals surface area contributed by atoms with Gasteiger partial charge >= 0.3 is 5.97 Å². The number of H-pyrrole nitrogens is 1. The summed E-state index contributed by atoms with van der Waals surface area (Å²) in [4.78, 5) is 65.7. The fourth-order valence-electron chi connectivity index (χ4n) is 4.56. The fourth-order valence-corrected chi connectivity index (χ4v) is 4.56. The molecule has 0 unspecified atom stereocenters. The zero-order chi connectivity index (χ0) is 28.5. The van der Waals surface area contributed by atoms with Gasteiger partial charge in [-0.25, -0.2) is 0 Å². The van der Waals surface area contributed by atoms with Crippen LogP contribution >= 0.6 is 0 Å². The molecule has 3 atom stereocenters. The van der Waals surface area contributed by atoms with Crippen LogP contribution < -0.4 is 15.5 Å². The molecule has 0 saturated carbocycles. The molecule has 3 rings (SSSR count). The summed E-state index contributed by atoms with van der Waals surface area (Å²) in [6, 6.07) is 6.35. The molecule has 14 heteroatoms. The number of carboxylic acids is 1. The van der Waals surface area contributed by atoms with Gasteiger partial charge in [0.25, 0.3) is 0 Å². The number of likely N-dealkylation sites (N-methyl/N-ethyl adjacent to an activating group) is 1. The largest absolute Gasteiger partial charge is 0.480 e. The number of aromatic amines is 1. The van der Waals surface area contributed by atoms with Crippen molar-refractivity contribution in [3.8, 4) is 0 Å². The number of ketones is 1. The number of Topliss-reactive ketones (excluding diaryl/α,β-unsaturated/α-hetero) is 1. The number of amides is 3. The number of para-hydroxylation sites is 1. The maximum absolute atomic E-state index is 13.4. The van der Waals surface area contributed by atoms with Gasteiger partial charge in [-0.3, -0.25) is 33.8 Å². The monoisotopic (exact) mass is 542 g/mol. The highest BCUT2D eigenvalue weighted by Crippen LogP contribution is 2.32. The van der Waals surface area contributed by atoms with Gasteiger partial charge in [-0.15, -0.1) is 10.2 Å². The van der Waals surface area contributed by atoms with Crippen LogP contribution in [-0.2, 0) is 36.9 Å². The number of nitrogens with zero attached hydrogens (tertiary/aromatic N) is 5. The van der Waals surface area contributed by atoms with Crippen molar-refractivity contribution in [3.05, 3.63) is 35.7 Å². The number of carbonyl (C=O) groups excluding carboxylic acids is 4. The second kappa shape index (κ2) is 13.6. The zero-order valence-electron chi connectivity index (χ0n) is 22.2. The number of rotatable bonds is 14. The second-order valence-electron chi connectivity index (χ2n) is 9.68. The SMILES string of the molecule is CC[C@H](C)[C@H](CC(=O)CN(C)CC(=O)O)C(=O)NCC(=O)N1c2ccccc2C[C@H]1C(=O)NCc1nn[nH]n1. The minimum absolute atomic E-state index is 0.0349. The first kappa shape index (κ1) is 29.4. The molecule has 0 bridgehead atoms. The van der Waals surface area contributed by atoms with Crippen molar-refractivity contribution in [2.75, 3.05) is 31.6 Å². The summed E-state index contributed by atoms with van der Waals surface area (Å²) in [7, 11) is 1.52. The molecular weight excluding hydrogens is 508 g/mol. The molecule has 210 valence electrons. The van der Waals surface area contributed by atoms with Crippen LogP contribution in [0.5, 0.6) is 0 Å². The van der Waals surface area contributed by atoms with Crippen LogP contribution in [-0.4, -0.2) is 92.8 Å². The molecule has 1 aromatic heterocycles. The Labute approximate surface area is 225 Å². The average Bonchev–Trinajstić information content (AvgIpc) is 3.55. The Morgan fingerprint density at radius 3 is 2.59 bits per heavy atom. The van der Waals surface area contributed by atoms with E-state index in [1.54, 1.807) is 12.1 Å². The number of anilines is 1. The van der Waals surface area contributed by atoms with Gasteiger partial charge in [0, 0.05) is 24.4 Å². The third-order valence-electron chi connectivity index (χ3n) is 6.74. The minimum atomic E-state index is -1.05. The second-order valence-corrected chi connectivity index (χ2v) is 9.68. The molecule has 0 saturated heterocycles. The smallest absolute Gasteiger partial charge is 0.317 e. The Kier molecular flexibility index (Phi) is 10.2. The lowest BCUT2D eigenvalue weighted by Gasteiger charge is -2.26. The van der Waals surface area contributed by atoms with Gasteiger partial charge in [-0.1, -0.05) is 43.7 Å². The summed E-state index contributed by atoms with van der Waals surface area (Å²) in [5.74, 6) is -3.17. The predicted molar refractivity (Wildman–Crippen MR) is 138 cm³/mol. The van der Waals surface area contributed by atoms with Gasteiger partial charge in [-0.2, -0.15) is 5.21 Å². The lowest BCUT2D eigenvalue weighted by atomic mass is 9.86. The first-order valence-corrected chi connectivity index (χ1v) is 12.7. The van der Waals surface area contributed by atoms with Crippen molar-refractivity contribution in [1.29, 1.82) is 0 Å². The molecule has 0 aliphatic carbocycles. The molecule has 0 spiro atoms. The van der Waals surface area contributed by atoms with Crippen LogP contribution in [0.1, 0.15) is 38.1 Å². The number of benzene rings is 1. The summed E-state index contributed by atoms with van der Waals surface area (Å²) < 4.78 is 0. The quantitative estimate of drug-likeness (QED) is 0.243. The summed E-state index contributed by atoms with van der Waals surface area (Å²) in [5, 5.41) is 27.6. The first-order chi connectivity index (χ1) is 18.6. The molecule has 39 heavy (non-hydrogen) atoms. The van der Waals surface area contributed by atoms with Gasteiger partial charge in [-0.05, 0) is 24.6 Å². The van der Waals surface area contributed by atoms with Crippen molar-refractivity contribution in [3.63, 3.8) is 0 Å². The van der Waals surface area contributed by atoms with Crippen LogP contribution in [0, 0.1) is 11.8 Å². The third-order valence-corrected chi connectivity index (χ3v) is 6.74. The van der Waals surface area contributed by atoms with Gasteiger partial charge in [0.15, 0.2) is 5.82 Å². The van der Waals surface area contributed by atoms with Gasteiger partial charge < -0.3 is 15.7 Å².